The zero-order valence-corrected chi connectivity index (χ0v) is 19.9. The van der Waals surface area contributed by atoms with Gasteiger partial charge in [-0.1, -0.05) is 37.3 Å². The van der Waals surface area contributed by atoms with Crippen molar-refractivity contribution in [3.05, 3.63) is 60.5 Å². The van der Waals surface area contributed by atoms with Crippen LogP contribution in [0.2, 0.25) is 0 Å². The Kier molecular flexibility index (Phi) is 9.01. The lowest BCUT2D eigenvalue weighted by Gasteiger charge is -2.26. The number of nitrogens with one attached hydrogen (secondary N) is 2. The molecule has 0 atom stereocenters. The lowest BCUT2D eigenvalue weighted by Crippen LogP contribution is -2.36. The Morgan fingerprint density at radius 3 is 2.22 bits per heavy atom. The van der Waals surface area contributed by atoms with Gasteiger partial charge in [-0.25, -0.2) is 0 Å². The highest BCUT2D eigenvalue weighted by molar-refractivity contribution is 7.19. The van der Waals surface area contributed by atoms with Crippen LogP contribution in [0.1, 0.15) is 18.7 Å². The van der Waals surface area contributed by atoms with E-state index in [1.165, 1.54) is 15.0 Å². The Hall–Kier alpha value is -2.97. The molecule has 0 saturated carbocycles. The first kappa shape index (κ1) is 23.7. The minimum Gasteiger partial charge on any atom is -0.351 e. The van der Waals surface area contributed by atoms with Gasteiger partial charge in [0.2, 0.25) is 17.8 Å². The zero-order chi connectivity index (χ0) is 22.8. The van der Waals surface area contributed by atoms with Gasteiger partial charge in [0, 0.05) is 48.8 Å². The van der Waals surface area contributed by atoms with Crippen LogP contribution in [-0.4, -0.2) is 59.1 Å². The molecule has 0 aliphatic rings. The third-order valence-electron chi connectivity index (χ3n) is 5.09. The molecule has 32 heavy (non-hydrogen) atoms. The van der Waals surface area contributed by atoms with Gasteiger partial charge in [-0.3, -0.25) is 4.90 Å². The van der Waals surface area contributed by atoms with Crippen LogP contribution in [0.5, 0.6) is 0 Å². The predicted molar refractivity (Wildman–Crippen MR) is 138 cm³/mol. The molecule has 0 aliphatic heterocycles. The van der Waals surface area contributed by atoms with Crippen LogP contribution in [-0.2, 0) is 6.54 Å². The maximum absolute atomic E-state index is 4.63. The molecule has 0 amide bonds. The quantitative estimate of drug-likeness (QED) is 0.346. The standard InChI is InChI=1S/C24H33N7S/c1-5-13-25-22-27-23(26-14-6-2)29-24(28-22)31(8-4)16-15-30(7-3)18-20-17-19-11-9-10-12-21(19)32-20/h5-6,9-12,17H,1-2,7-8,13-16,18H2,3-4H3,(H2,25,26,27,28,29). The summed E-state index contributed by atoms with van der Waals surface area (Å²) in [4.78, 5) is 19.7. The van der Waals surface area contributed by atoms with Crippen molar-refractivity contribution in [2.24, 2.45) is 0 Å². The van der Waals surface area contributed by atoms with Gasteiger partial charge in [-0.2, -0.15) is 15.0 Å². The van der Waals surface area contributed by atoms with E-state index < -0.39 is 0 Å². The van der Waals surface area contributed by atoms with Crippen LogP contribution in [0.25, 0.3) is 10.1 Å². The Bertz CT molecular complexity index is 953. The number of thiophene rings is 1. The molecule has 0 saturated heterocycles. The van der Waals surface area contributed by atoms with E-state index in [-0.39, 0.29) is 0 Å². The molecular weight excluding hydrogens is 418 g/mol. The summed E-state index contributed by atoms with van der Waals surface area (Å²) in [5.74, 6) is 1.74. The highest BCUT2D eigenvalue weighted by atomic mass is 32.1. The van der Waals surface area contributed by atoms with Gasteiger partial charge in [0.05, 0.1) is 0 Å². The molecule has 2 N–H and O–H groups in total. The second-order valence-electron chi connectivity index (χ2n) is 7.32. The van der Waals surface area contributed by atoms with E-state index in [0.29, 0.717) is 30.9 Å². The largest absolute Gasteiger partial charge is 0.351 e. The first-order valence-electron chi connectivity index (χ1n) is 11.1. The summed E-state index contributed by atoms with van der Waals surface area (Å²) < 4.78 is 1.35. The fourth-order valence-electron chi connectivity index (χ4n) is 3.34. The molecule has 3 aromatic rings. The second-order valence-corrected chi connectivity index (χ2v) is 8.49. The van der Waals surface area contributed by atoms with Crippen molar-refractivity contribution in [3.63, 3.8) is 0 Å². The number of hydrogen-bond acceptors (Lipinski definition) is 8. The number of benzene rings is 1. The summed E-state index contributed by atoms with van der Waals surface area (Å²) >= 11 is 1.88. The smallest absolute Gasteiger partial charge is 0.231 e. The van der Waals surface area contributed by atoms with E-state index in [4.69, 9.17) is 0 Å². The van der Waals surface area contributed by atoms with Crippen LogP contribution in [0.3, 0.4) is 0 Å². The van der Waals surface area contributed by atoms with Crippen LogP contribution >= 0.6 is 11.3 Å². The van der Waals surface area contributed by atoms with Gasteiger partial charge in [-0.15, -0.1) is 24.5 Å². The maximum atomic E-state index is 4.63. The Balaban J connectivity index is 1.69. The summed E-state index contributed by atoms with van der Waals surface area (Å²) in [5, 5.41) is 7.66. The zero-order valence-electron chi connectivity index (χ0n) is 19.0. The Morgan fingerprint density at radius 1 is 0.938 bits per heavy atom. The topological polar surface area (TPSA) is 69.2 Å². The summed E-state index contributed by atoms with van der Waals surface area (Å²) in [6, 6.07) is 10.9. The van der Waals surface area contributed by atoms with Gasteiger partial charge in [0.25, 0.3) is 0 Å². The average molecular weight is 452 g/mol. The monoisotopic (exact) mass is 451 g/mol. The third kappa shape index (κ3) is 6.51. The molecule has 0 fully saturated rings. The number of nitrogens with zero attached hydrogens (tertiary/aromatic N) is 5. The minimum atomic E-state index is 0.539. The van der Waals surface area contributed by atoms with Crippen LogP contribution in [0, 0.1) is 0 Å². The molecule has 2 heterocycles. The maximum Gasteiger partial charge on any atom is 0.231 e. The molecule has 1 aromatic carbocycles. The average Bonchev–Trinajstić information content (AvgIpc) is 3.23. The fourth-order valence-corrected chi connectivity index (χ4v) is 4.44. The van der Waals surface area contributed by atoms with Crippen LogP contribution in [0.4, 0.5) is 17.8 Å². The molecule has 7 nitrogen and oxygen atoms in total. The predicted octanol–water partition coefficient (Wildman–Crippen LogP) is 4.63. The van der Waals surface area contributed by atoms with E-state index in [1.807, 2.05) is 11.3 Å². The summed E-state index contributed by atoms with van der Waals surface area (Å²) in [6.07, 6.45) is 3.57. The number of likely N-dealkylation sites (N-methyl/N-ethyl adjacent to an activating group) is 2. The van der Waals surface area contributed by atoms with E-state index in [0.717, 1.165) is 32.7 Å². The first-order chi connectivity index (χ1) is 15.7. The number of hydrogen-bond donors (Lipinski definition) is 2. The first-order valence-corrected chi connectivity index (χ1v) is 11.9. The van der Waals surface area contributed by atoms with E-state index in [2.05, 4.69) is 92.7 Å². The fraction of sp³-hybridized carbons (Fsp3) is 0.375. The van der Waals surface area contributed by atoms with Gasteiger partial charge >= 0.3 is 0 Å². The SMILES string of the molecule is C=CCNc1nc(NCC=C)nc(N(CC)CCN(CC)Cc2cc3ccccc3s2)n1. The molecule has 0 bridgehead atoms. The van der Waals surface area contributed by atoms with Crippen molar-refractivity contribution in [2.45, 2.75) is 20.4 Å². The molecule has 0 spiro atoms. The Labute approximate surface area is 194 Å². The highest BCUT2D eigenvalue weighted by Gasteiger charge is 2.14. The number of fused-ring (bicyclic) bond motifs is 1. The number of aromatic nitrogens is 3. The molecule has 0 aliphatic carbocycles. The Morgan fingerprint density at radius 2 is 1.62 bits per heavy atom. The lowest BCUT2D eigenvalue weighted by molar-refractivity contribution is 0.288. The molecule has 2 aromatic heterocycles. The molecule has 170 valence electrons. The lowest BCUT2D eigenvalue weighted by atomic mass is 10.2. The highest BCUT2D eigenvalue weighted by Crippen LogP contribution is 2.26. The van der Waals surface area contributed by atoms with E-state index in [1.54, 1.807) is 12.2 Å². The van der Waals surface area contributed by atoms with Crippen molar-refractivity contribution in [1.82, 2.24) is 19.9 Å². The van der Waals surface area contributed by atoms with Gasteiger partial charge < -0.3 is 15.5 Å². The minimum absolute atomic E-state index is 0.539. The molecular formula is C24H33N7S. The van der Waals surface area contributed by atoms with Crippen LogP contribution in [0.15, 0.2) is 55.6 Å². The molecule has 0 radical (unpaired) electrons. The normalized spacial score (nSPS) is 11.0. The number of anilines is 3. The van der Waals surface area contributed by atoms with Crippen LogP contribution < -0.4 is 15.5 Å². The summed E-state index contributed by atoms with van der Waals surface area (Å²) in [5.41, 5.74) is 0. The van der Waals surface area contributed by atoms with Crippen molar-refractivity contribution >= 4 is 39.3 Å². The van der Waals surface area contributed by atoms with Crippen molar-refractivity contribution < 1.29 is 0 Å². The molecule has 8 heteroatoms. The van der Waals surface area contributed by atoms with Gasteiger partial charge in [0.15, 0.2) is 0 Å². The van der Waals surface area contributed by atoms with E-state index >= 15 is 0 Å². The van der Waals surface area contributed by atoms with Crippen molar-refractivity contribution in [3.8, 4) is 0 Å². The van der Waals surface area contributed by atoms with Gasteiger partial charge in [0.1, 0.15) is 0 Å². The van der Waals surface area contributed by atoms with E-state index in [9.17, 15) is 0 Å². The van der Waals surface area contributed by atoms with Crippen molar-refractivity contribution in [1.29, 1.82) is 0 Å². The van der Waals surface area contributed by atoms with Gasteiger partial charge in [-0.05, 0) is 31.0 Å². The second kappa shape index (κ2) is 12.2. The summed E-state index contributed by atoms with van der Waals surface area (Å²) in [7, 11) is 0. The number of rotatable bonds is 14. The summed E-state index contributed by atoms with van der Waals surface area (Å²) in [6.45, 7) is 17.5. The van der Waals surface area contributed by atoms with Crippen molar-refractivity contribution in [2.75, 3.05) is 54.8 Å². The molecule has 3 rings (SSSR count). The third-order valence-corrected chi connectivity index (χ3v) is 6.19. The molecule has 0 unspecified atom stereocenters.